The van der Waals surface area contributed by atoms with Crippen molar-refractivity contribution in [3.05, 3.63) is 41.7 Å². The van der Waals surface area contributed by atoms with Gasteiger partial charge in [0.15, 0.2) is 5.17 Å². The van der Waals surface area contributed by atoms with Crippen molar-refractivity contribution < 1.29 is 8.78 Å². The second kappa shape index (κ2) is 8.11. The normalized spacial score (nSPS) is 18.2. The van der Waals surface area contributed by atoms with Gasteiger partial charge < -0.3 is 10.2 Å². The molecule has 1 aliphatic heterocycles. The van der Waals surface area contributed by atoms with E-state index in [-0.39, 0.29) is 27.3 Å². The summed E-state index contributed by atoms with van der Waals surface area (Å²) >= 11 is 0.760. The third kappa shape index (κ3) is 4.89. The first-order chi connectivity index (χ1) is 13.9. The number of rotatable bonds is 3. The number of thioether (sulfide) groups is 1. The molecule has 1 fully saturated rings. The van der Waals surface area contributed by atoms with E-state index in [4.69, 9.17) is 10.8 Å². The van der Waals surface area contributed by atoms with E-state index in [0.29, 0.717) is 11.1 Å². The summed E-state index contributed by atoms with van der Waals surface area (Å²) in [7, 11) is 1.81. The molecule has 1 aromatic carbocycles. The van der Waals surface area contributed by atoms with Gasteiger partial charge in [0, 0.05) is 35.9 Å². The van der Waals surface area contributed by atoms with Crippen LogP contribution in [0.3, 0.4) is 0 Å². The Bertz CT molecular complexity index is 915. The molecule has 2 heterocycles. The minimum atomic E-state index is -0.830. The molecule has 3 rings (SSSR count). The average Bonchev–Trinajstić information content (AvgIpc) is 3.12. The Morgan fingerprint density at radius 1 is 1.10 bits per heavy atom. The number of aromatic nitrogens is 2. The minimum absolute atomic E-state index is 0.0854. The molecule has 1 aliphatic rings. The van der Waals surface area contributed by atoms with Crippen molar-refractivity contribution in [2.45, 2.75) is 57.7 Å². The molecule has 4 N–H and O–H groups in total. The quantitative estimate of drug-likeness (QED) is 0.420. The topological polar surface area (TPSA) is 91.7 Å². The van der Waals surface area contributed by atoms with Crippen LogP contribution >= 0.6 is 11.8 Å². The highest BCUT2D eigenvalue weighted by Gasteiger charge is 2.40. The molecule has 0 radical (unpaired) electrons. The van der Waals surface area contributed by atoms with Crippen molar-refractivity contribution in [2.75, 3.05) is 7.05 Å². The highest BCUT2D eigenvalue weighted by molar-refractivity contribution is 8.26. The zero-order chi connectivity index (χ0) is 22.3. The van der Waals surface area contributed by atoms with Crippen LogP contribution in [0.2, 0.25) is 0 Å². The monoisotopic (exact) mass is 434 g/mol. The summed E-state index contributed by atoms with van der Waals surface area (Å²) in [6.07, 6.45) is 4.66. The Morgan fingerprint density at radius 2 is 1.67 bits per heavy atom. The lowest BCUT2D eigenvalue weighted by molar-refractivity contribution is 0.114. The fraction of sp³-hybridized carbons (Fsp3) is 0.476. The zero-order valence-electron chi connectivity index (χ0n) is 17.9. The van der Waals surface area contributed by atoms with Crippen LogP contribution in [0.15, 0.2) is 24.5 Å². The number of hydrogen-bond donors (Lipinski definition) is 4. The first-order valence-electron chi connectivity index (χ1n) is 9.74. The maximum absolute atomic E-state index is 14.6. The van der Waals surface area contributed by atoms with Gasteiger partial charge in [0.25, 0.3) is 0 Å². The van der Waals surface area contributed by atoms with E-state index >= 15 is 0 Å². The summed E-state index contributed by atoms with van der Waals surface area (Å²) in [4.78, 5) is 1.80. The smallest absolute Gasteiger partial charge is 0.162 e. The van der Waals surface area contributed by atoms with Crippen molar-refractivity contribution in [3.8, 4) is 11.1 Å². The summed E-state index contributed by atoms with van der Waals surface area (Å²) in [5.41, 5.74) is 0.283. The number of nitrogens with zero attached hydrogens (tertiary/aromatic N) is 2. The maximum atomic E-state index is 14.6. The first kappa shape index (κ1) is 22.4. The summed E-state index contributed by atoms with van der Waals surface area (Å²) in [6.45, 7) is 8.50. The van der Waals surface area contributed by atoms with Crippen LogP contribution < -0.4 is 5.32 Å². The third-order valence-corrected chi connectivity index (χ3v) is 6.23. The van der Waals surface area contributed by atoms with Gasteiger partial charge in [-0.15, -0.1) is 0 Å². The second-order valence-electron chi connectivity index (χ2n) is 9.10. The molecular formula is C21H28F2N6S. The fourth-order valence-electron chi connectivity index (χ4n) is 4.29. The maximum Gasteiger partial charge on any atom is 0.162 e. The highest BCUT2D eigenvalue weighted by Crippen LogP contribution is 2.33. The van der Waals surface area contributed by atoms with Crippen LogP contribution in [0.4, 0.5) is 8.78 Å². The molecule has 6 nitrogen and oxygen atoms in total. The molecular weight excluding hydrogens is 406 g/mol. The van der Waals surface area contributed by atoms with E-state index in [1.165, 1.54) is 18.3 Å². The predicted molar refractivity (Wildman–Crippen MR) is 118 cm³/mol. The van der Waals surface area contributed by atoms with Crippen LogP contribution in [0.1, 0.15) is 46.1 Å². The van der Waals surface area contributed by atoms with Gasteiger partial charge in [-0.1, -0.05) is 0 Å². The second-order valence-corrected chi connectivity index (χ2v) is 10.1. The summed E-state index contributed by atoms with van der Waals surface area (Å²) in [5, 5.41) is 26.4. The summed E-state index contributed by atoms with van der Waals surface area (Å²) in [5.74, 6) is -1.66. The Kier molecular flexibility index (Phi) is 6.06. The molecule has 0 spiro atoms. The molecule has 0 amide bonds. The number of piperidine rings is 1. The summed E-state index contributed by atoms with van der Waals surface area (Å²) in [6, 6.07) is 2.45. The number of hydrogen-bond acceptors (Lipinski definition) is 5. The van der Waals surface area contributed by atoms with Gasteiger partial charge in [-0.05, 0) is 70.0 Å². The molecule has 1 aromatic heterocycles. The van der Waals surface area contributed by atoms with Gasteiger partial charge in [-0.25, -0.2) is 8.78 Å². The van der Waals surface area contributed by atoms with Crippen LogP contribution in [-0.4, -0.2) is 49.5 Å². The van der Waals surface area contributed by atoms with E-state index in [1.54, 1.807) is 18.1 Å². The van der Waals surface area contributed by atoms with E-state index in [2.05, 4.69) is 43.2 Å². The number of aromatic amines is 1. The number of benzene rings is 1. The zero-order valence-corrected chi connectivity index (χ0v) is 18.7. The Morgan fingerprint density at radius 3 is 2.17 bits per heavy atom. The third-order valence-electron chi connectivity index (χ3n) is 5.34. The Labute approximate surface area is 179 Å². The van der Waals surface area contributed by atoms with Crippen molar-refractivity contribution in [3.63, 3.8) is 0 Å². The first-order valence-corrected chi connectivity index (χ1v) is 10.6. The molecule has 0 saturated carbocycles. The van der Waals surface area contributed by atoms with Crippen molar-refractivity contribution >= 4 is 22.0 Å². The molecule has 30 heavy (non-hydrogen) atoms. The van der Waals surface area contributed by atoms with Gasteiger partial charge >= 0.3 is 0 Å². The van der Waals surface area contributed by atoms with Crippen LogP contribution in [0.25, 0.3) is 11.1 Å². The van der Waals surface area contributed by atoms with Crippen molar-refractivity contribution in [1.82, 2.24) is 20.4 Å². The molecule has 9 heteroatoms. The van der Waals surface area contributed by atoms with Crippen LogP contribution in [0.5, 0.6) is 0 Å². The van der Waals surface area contributed by atoms with Crippen LogP contribution in [0, 0.1) is 22.5 Å². The number of H-pyrrole nitrogens is 1. The Hall–Kier alpha value is -2.26. The van der Waals surface area contributed by atoms with E-state index in [0.717, 1.165) is 24.6 Å². The van der Waals surface area contributed by atoms with Crippen LogP contribution in [-0.2, 0) is 0 Å². The SMILES string of the molecule is CN(C(=N)SC(=N)c1c(F)cc(-c2cn[nH]c2)cc1F)C1CC(C)(C)NC(C)(C)C1. The molecule has 0 bridgehead atoms. The lowest BCUT2D eigenvalue weighted by atomic mass is 9.79. The van der Waals surface area contributed by atoms with E-state index in [1.807, 2.05) is 0 Å². The van der Waals surface area contributed by atoms with Crippen molar-refractivity contribution in [2.24, 2.45) is 0 Å². The molecule has 0 unspecified atom stereocenters. The van der Waals surface area contributed by atoms with Gasteiger partial charge in [0.1, 0.15) is 16.7 Å². The van der Waals surface area contributed by atoms with Gasteiger partial charge in [0.2, 0.25) is 0 Å². The predicted octanol–water partition coefficient (Wildman–Crippen LogP) is 4.59. The minimum Gasteiger partial charge on any atom is -0.351 e. The fourth-order valence-corrected chi connectivity index (χ4v) is 5.08. The van der Waals surface area contributed by atoms with Gasteiger partial charge in [-0.3, -0.25) is 15.9 Å². The standard InChI is InChI=1S/C21H28F2N6S/c1-20(2)8-14(9-21(3,4)28-20)29(5)19(25)30-18(24)17-15(22)6-12(7-16(17)23)13-10-26-27-11-13/h6-7,10-11,14,24-25,28H,8-9H2,1-5H3,(H,26,27). The largest absolute Gasteiger partial charge is 0.351 e. The number of amidine groups is 1. The molecule has 0 aliphatic carbocycles. The Balaban J connectivity index is 1.75. The number of halogens is 2. The van der Waals surface area contributed by atoms with Gasteiger partial charge in [-0.2, -0.15) is 5.10 Å². The molecule has 2 aromatic rings. The molecule has 0 atom stereocenters. The lowest BCUT2D eigenvalue weighted by Gasteiger charge is -2.49. The molecule has 1 saturated heterocycles. The van der Waals surface area contributed by atoms with Gasteiger partial charge in [0.05, 0.1) is 11.8 Å². The van der Waals surface area contributed by atoms with E-state index in [9.17, 15) is 8.78 Å². The van der Waals surface area contributed by atoms with Crippen molar-refractivity contribution in [1.29, 1.82) is 10.8 Å². The highest BCUT2D eigenvalue weighted by atomic mass is 32.2. The van der Waals surface area contributed by atoms with E-state index < -0.39 is 17.2 Å². The summed E-state index contributed by atoms with van der Waals surface area (Å²) < 4.78 is 29.3. The molecule has 162 valence electrons. The number of nitrogens with one attached hydrogen (secondary N) is 4. The lowest BCUT2D eigenvalue weighted by Crippen LogP contribution is -2.62. The average molecular weight is 435 g/mol.